The summed E-state index contributed by atoms with van der Waals surface area (Å²) in [4.78, 5) is 15.8. The lowest BCUT2D eigenvalue weighted by molar-refractivity contribution is 0.0235. The van der Waals surface area contributed by atoms with Crippen LogP contribution in [0.2, 0.25) is 0 Å². The Morgan fingerprint density at radius 2 is 1.96 bits per heavy atom. The third kappa shape index (κ3) is 3.87. The van der Waals surface area contributed by atoms with Crippen molar-refractivity contribution >= 4 is 22.2 Å². The lowest BCUT2D eigenvalue weighted by Crippen LogP contribution is -2.40. The van der Waals surface area contributed by atoms with Crippen molar-refractivity contribution in [1.82, 2.24) is 4.90 Å². The highest BCUT2D eigenvalue weighted by atomic mass is 32.1. The highest BCUT2D eigenvalue weighted by Gasteiger charge is 2.30. The number of furan rings is 1. The monoisotopic (exact) mass is 400 g/mol. The van der Waals surface area contributed by atoms with Gasteiger partial charge in [-0.3, -0.25) is 9.69 Å². The van der Waals surface area contributed by atoms with Gasteiger partial charge >= 0.3 is 0 Å². The smallest absolute Gasteiger partial charge is 0.291 e. The van der Waals surface area contributed by atoms with Crippen LogP contribution >= 0.6 is 11.3 Å². The van der Waals surface area contributed by atoms with Crippen LogP contribution in [0.3, 0.4) is 0 Å². The van der Waals surface area contributed by atoms with Crippen LogP contribution in [0.15, 0.2) is 53.1 Å². The molecule has 2 aromatic heterocycles. The van der Waals surface area contributed by atoms with E-state index in [0.717, 1.165) is 10.4 Å². The molecule has 7 heteroatoms. The number of carbonyl (C=O) groups excluding carboxylic acids is 1. The predicted molar refractivity (Wildman–Crippen MR) is 106 cm³/mol. The zero-order valence-corrected chi connectivity index (χ0v) is 16.3. The maximum Gasteiger partial charge on any atom is 0.291 e. The van der Waals surface area contributed by atoms with Crippen LogP contribution < -0.4 is 5.32 Å². The Kier molecular flexibility index (Phi) is 5.57. The van der Waals surface area contributed by atoms with Crippen molar-refractivity contribution in [3.63, 3.8) is 0 Å². The lowest BCUT2D eigenvalue weighted by Gasteiger charge is -2.35. The number of carbonyl (C=O) groups is 1. The topological polar surface area (TPSA) is 54.7 Å². The first-order valence-corrected chi connectivity index (χ1v) is 9.96. The number of benzene rings is 1. The molecule has 1 aliphatic heterocycles. The number of ether oxygens (including phenoxy) is 1. The Hall–Kier alpha value is -2.48. The lowest BCUT2D eigenvalue weighted by atomic mass is 9.97. The molecule has 0 spiro atoms. The number of hydrogen-bond acceptors (Lipinski definition) is 5. The second-order valence-electron chi connectivity index (χ2n) is 6.65. The van der Waals surface area contributed by atoms with Crippen LogP contribution in [0.5, 0.6) is 0 Å². The minimum atomic E-state index is -0.317. The van der Waals surface area contributed by atoms with Crippen molar-refractivity contribution in [2.24, 2.45) is 0 Å². The third-order valence-electron chi connectivity index (χ3n) is 4.76. The van der Waals surface area contributed by atoms with Crippen LogP contribution in [0.4, 0.5) is 9.39 Å². The van der Waals surface area contributed by atoms with E-state index in [2.05, 4.69) is 10.2 Å². The van der Waals surface area contributed by atoms with E-state index in [-0.39, 0.29) is 23.5 Å². The second kappa shape index (κ2) is 8.26. The van der Waals surface area contributed by atoms with E-state index >= 15 is 0 Å². The predicted octanol–water partition coefficient (Wildman–Crippen LogP) is 4.46. The van der Waals surface area contributed by atoms with E-state index in [9.17, 15) is 9.18 Å². The fourth-order valence-corrected chi connectivity index (χ4v) is 4.44. The number of nitrogens with one attached hydrogen (secondary N) is 1. The molecule has 0 saturated carbocycles. The number of rotatable bonds is 5. The quantitative estimate of drug-likeness (QED) is 0.687. The molecule has 1 fully saturated rings. The molecular formula is C21H21FN2O3S. The fourth-order valence-electron chi connectivity index (χ4n) is 3.50. The van der Waals surface area contributed by atoms with Gasteiger partial charge in [0, 0.05) is 29.1 Å². The number of anilines is 1. The van der Waals surface area contributed by atoms with E-state index in [4.69, 9.17) is 9.15 Å². The number of hydrogen-bond donors (Lipinski definition) is 1. The maximum absolute atomic E-state index is 14.7. The normalized spacial score (nSPS) is 16.1. The molecule has 0 bridgehead atoms. The van der Waals surface area contributed by atoms with Crippen molar-refractivity contribution in [2.45, 2.75) is 13.0 Å². The SMILES string of the molecule is Cc1cc([C@@H](c2ccccc2F)N2CCOCC2)c(NC(=O)c2ccco2)s1. The van der Waals surface area contributed by atoms with Gasteiger partial charge in [0.2, 0.25) is 0 Å². The van der Waals surface area contributed by atoms with Crippen LogP contribution in [0, 0.1) is 12.7 Å². The summed E-state index contributed by atoms with van der Waals surface area (Å²) in [7, 11) is 0. The van der Waals surface area contributed by atoms with E-state index in [1.807, 2.05) is 19.1 Å². The van der Waals surface area contributed by atoms with Gasteiger partial charge in [0.15, 0.2) is 5.76 Å². The molecular weight excluding hydrogens is 379 g/mol. The molecule has 1 amide bonds. The largest absolute Gasteiger partial charge is 0.459 e. The standard InChI is InChI=1S/C21H21FN2O3S/c1-14-13-16(21(28-14)23-20(25)18-7-4-10-27-18)19(24-8-11-26-12-9-24)15-5-2-3-6-17(15)22/h2-7,10,13,19H,8-9,11-12H2,1H3,(H,23,25)/t19-/m1/s1. The summed E-state index contributed by atoms with van der Waals surface area (Å²) < 4.78 is 25.4. The number of nitrogens with zero attached hydrogens (tertiary/aromatic N) is 1. The Labute approximate surface area is 166 Å². The summed E-state index contributed by atoms with van der Waals surface area (Å²) >= 11 is 1.48. The number of halogens is 1. The van der Waals surface area contributed by atoms with Crippen LogP contribution in [0.1, 0.15) is 32.6 Å². The molecule has 3 heterocycles. The molecule has 28 heavy (non-hydrogen) atoms. The summed E-state index contributed by atoms with van der Waals surface area (Å²) in [5.74, 6) is -0.334. The fraction of sp³-hybridized carbons (Fsp3) is 0.286. The Bertz CT molecular complexity index is 948. The summed E-state index contributed by atoms with van der Waals surface area (Å²) in [6.45, 7) is 4.57. The Morgan fingerprint density at radius 1 is 1.18 bits per heavy atom. The summed E-state index contributed by atoms with van der Waals surface area (Å²) in [6.07, 6.45) is 1.46. The van der Waals surface area contributed by atoms with Gasteiger partial charge in [0.1, 0.15) is 10.8 Å². The van der Waals surface area contributed by atoms with Crippen molar-refractivity contribution in [2.75, 3.05) is 31.6 Å². The number of morpholine rings is 1. The van der Waals surface area contributed by atoms with Gasteiger partial charge in [-0.15, -0.1) is 11.3 Å². The average Bonchev–Trinajstić information content (AvgIpc) is 3.35. The first-order chi connectivity index (χ1) is 13.6. The number of amides is 1. The van der Waals surface area contributed by atoms with Gasteiger partial charge in [0.05, 0.1) is 25.5 Å². The van der Waals surface area contributed by atoms with E-state index in [0.29, 0.717) is 36.9 Å². The molecule has 1 N–H and O–H groups in total. The number of aryl methyl sites for hydroxylation is 1. The minimum Gasteiger partial charge on any atom is -0.459 e. The van der Waals surface area contributed by atoms with Gasteiger partial charge in [-0.05, 0) is 31.2 Å². The third-order valence-corrected chi connectivity index (χ3v) is 5.74. The molecule has 0 radical (unpaired) electrons. The Balaban J connectivity index is 1.74. The Morgan fingerprint density at radius 3 is 2.68 bits per heavy atom. The summed E-state index contributed by atoms with van der Waals surface area (Å²) in [5.41, 5.74) is 1.48. The zero-order valence-electron chi connectivity index (χ0n) is 15.5. The van der Waals surface area contributed by atoms with Crippen LogP contribution in [-0.4, -0.2) is 37.1 Å². The van der Waals surface area contributed by atoms with E-state index in [1.54, 1.807) is 24.3 Å². The molecule has 4 rings (SSSR count). The zero-order chi connectivity index (χ0) is 19.5. The summed E-state index contributed by atoms with van der Waals surface area (Å²) in [5, 5.41) is 3.66. The van der Waals surface area contributed by atoms with Crippen molar-refractivity contribution in [3.05, 3.63) is 76.3 Å². The van der Waals surface area contributed by atoms with E-state index in [1.165, 1.54) is 23.7 Å². The van der Waals surface area contributed by atoms with E-state index < -0.39 is 0 Å². The minimum absolute atomic E-state index is 0.241. The average molecular weight is 400 g/mol. The van der Waals surface area contributed by atoms with Gasteiger partial charge in [-0.25, -0.2) is 4.39 Å². The van der Waals surface area contributed by atoms with Gasteiger partial charge in [0.25, 0.3) is 5.91 Å². The van der Waals surface area contributed by atoms with Crippen LogP contribution in [-0.2, 0) is 4.74 Å². The first-order valence-electron chi connectivity index (χ1n) is 9.15. The molecule has 1 aromatic carbocycles. The molecule has 0 aliphatic carbocycles. The molecule has 0 unspecified atom stereocenters. The van der Waals surface area contributed by atoms with Crippen molar-refractivity contribution in [3.8, 4) is 0 Å². The maximum atomic E-state index is 14.7. The second-order valence-corrected chi connectivity index (χ2v) is 7.90. The van der Waals surface area contributed by atoms with Crippen molar-refractivity contribution in [1.29, 1.82) is 0 Å². The molecule has 1 aliphatic rings. The van der Waals surface area contributed by atoms with Crippen molar-refractivity contribution < 1.29 is 18.3 Å². The molecule has 146 valence electrons. The van der Waals surface area contributed by atoms with Gasteiger partial charge < -0.3 is 14.5 Å². The number of thiophene rings is 1. The van der Waals surface area contributed by atoms with Gasteiger partial charge in [-0.1, -0.05) is 18.2 Å². The molecule has 5 nitrogen and oxygen atoms in total. The molecule has 1 atom stereocenters. The molecule has 1 saturated heterocycles. The van der Waals surface area contributed by atoms with Crippen LogP contribution in [0.25, 0.3) is 0 Å². The molecule has 3 aromatic rings. The summed E-state index contributed by atoms with van der Waals surface area (Å²) in [6, 6.07) is 11.8. The van der Waals surface area contributed by atoms with Gasteiger partial charge in [-0.2, -0.15) is 0 Å². The highest BCUT2D eigenvalue weighted by Crippen LogP contribution is 2.40. The highest BCUT2D eigenvalue weighted by molar-refractivity contribution is 7.16. The first kappa shape index (κ1) is 18.9.